The lowest BCUT2D eigenvalue weighted by atomic mass is 10.0. The Kier molecular flexibility index (Phi) is 4.36. The quantitative estimate of drug-likeness (QED) is 0.841. The van der Waals surface area contributed by atoms with Gasteiger partial charge in [0.05, 0.1) is 6.10 Å². The second kappa shape index (κ2) is 5.35. The Morgan fingerprint density at radius 3 is 2.00 bits per heavy atom. The van der Waals surface area contributed by atoms with Crippen molar-refractivity contribution >= 4 is 5.69 Å². The topological polar surface area (TPSA) is 21.3 Å². The monoisotopic (exact) mass is 221 g/mol. The maximum Gasteiger partial charge on any atom is 0.0741 e. The van der Waals surface area contributed by atoms with E-state index in [-0.39, 0.29) is 6.10 Å². The standard InChI is InChI=1S/C14H23NO/c1-9-7-10(2)14(11(3)8-9)15-12(4)13(5)16-6/h7-8,12-13,15H,1-6H3. The molecule has 1 N–H and O–H groups in total. The van der Waals surface area contributed by atoms with Gasteiger partial charge >= 0.3 is 0 Å². The van der Waals surface area contributed by atoms with Crippen LogP contribution in [0.25, 0.3) is 0 Å². The zero-order valence-corrected chi connectivity index (χ0v) is 11.2. The summed E-state index contributed by atoms with van der Waals surface area (Å²) in [7, 11) is 1.75. The number of nitrogens with one attached hydrogen (secondary N) is 1. The van der Waals surface area contributed by atoms with Crippen LogP contribution >= 0.6 is 0 Å². The summed E-state index contributed by atoms with van der Waals surface area (Å²) in [5.74, 6) is 0. The Hall–Kier alpha value is -1.02. The van der Waals surface area contributed by atoms with E-state index < -0.39 is 0 Å². The summed E-state index contributed by atoms with van der Waals surface area (Å²) in [6, 6.07) is 4.73. The van der Waals surface area contributed by atoms with Crippen LogP contribution in [0, 0.1) is 20.8 Å². The maximum atomic E-state index is 5.33. The van der Waals surface area contributed by atoms with Crippen LogP contribution < -0.4 is 5.32 Å². The molecule has 2 atom stereocenters. The SMILES string of the molecule is COC(C)C(C)Nc1c(C)cc(C)cc1C. The van der Waals surface area contributed by atoms with Crippen LogP contribution in [0.2, 0.25) is 0 Å². The van der Waals surface area contributed by atoms with Crippen molar-refractivity contribution < 1.29 is 4.74 Å². The molecule has 2 unspecified atom stereocenters. The highest BCUT2D eigenvalue weighted by molar-refractivity contribution is 5.58. The predicted octanol–water partition coefficient (Wildman–Crippen LogP) is 3.45. The van der Waals surface area contributed by atoms with Crippen molar-refractivity contribution in [3.63, 3.8) is 0 Å². The molecular formula is C14H23NO. The van der Waals surface area contributed by atoms with Gasteiger partial charge in [-0.2, -0.15) is 0 Å². The number of hydrogen-bond acceptors (Lipinski definition) is 2. The van der Waals surface area contributed by atoms with Gasteiger partial charge in [-0.3, -0.25) is 0 Å². The summed E-state index contributed by atoms with van der Waals surface area (Å²) < 4.78 is 5.33. The van der Waals surface area contributed by atoms with Crippen molar-refractivity contribution in [2.24, 2.45) is 0 Å². The van der Waals surface area contributed by atoms with Crippen molar-refractivity contribution in [3.05, 3.63) is 28.8 Å². The third-order valence-corrected chi connectivity index (χ3v) is 3.12. The molecular weight excluding hydrogens is 198 g/mol. The van der Waals surface area contributed by atoms with Gasteiger partial charge in [-0.05, 0) is 45.7 Å². The van der Waals surface area contributed by atoms with E-state index in [2.05, 4.69) is 52.1 Å². The van der Waals surface area contributed by atoms with Crippen molar-refractivity contribution in [2.75, 3.05) is 12.4 Å². The lowest BCUT2D eigenvalue weighted by Gasteiger charge is -2.23. The van der Waals surface area contributed by atoms with E-state index in [0.717, 1.165) is 0 Å². The summed E-state index contributed by atoms with van der Waals surface area (Å²) in [4.78, 5) is 0. The largest absolute Gasteiger partial charge is 0.380 e. The number of benzene rings is 1. The first-order chi connectivity index (χ1) is 7.45. The van der Waals surface area contributed by atoms with E-state index in [1.807, 2.05) is 0 Å². The van der Waals surface area contributed by atoms with Crippen molar-refractivity contribution in [3.8, 4) is 0 Å². The van der Waals surface area contributed by atoms with Gasteiger partial charge in [0.2, 0.25) is 0 Å². The van der Waals surface area contributed by atoms with Gasteiger partial charge < -0.3 is 10.1 Å². The van der Waals surface area contributed by atoms with E-state index >= 15 is 0 Å². The van der Waals surface area contributed by atoms with Crippen LogP contribution in [0.5, 0.6) is 0 Å². The average Bonchev–Trinajstić information content (AvgIpc) is 2.21. The Morgan fingerprint density at radius 2 is 1.56 bits per heavy atom. The molecule has 0 aliphatic carbocycles. The first-order valence-corrected chi connectivity index (χ1v) is 5.83. The highest BCUT2D eigenvalue weighted by Gasteiger charge is 2.13. The summed E-state index contributed by atoms with van der Waals surface area (Å²) in [5.41, 5.74) is 5.15. The first-order valence-electron chi connectivity index (χ1n) is 5.83. The molecule has 0 aromatic heterocycles. The smallest absolute Gasteiger partial charge is 0.0741 e. The van der Waals surface area contributed by atoms with Gasteiger partial charge in [0.15, 0.2) is 0 Å². The van der Waals surface area contributed by atoms with Gasteiger partial charge in [-0.25, -0.2) is 0 Å². The van der Waals surface area contributed by atoms with Crippen LogP contribution in [-0.4, -0.2) is 19.3 Å². The third kappa shape index (κ3) is 2.99. The zero-order chi connectivity index (χ0) is 12.3. The molecule has 0 fully saturated rings. The van der Waals surface area contributed by atoms with E-state index in [1.54, 1.807) is 7.11 Å². The van der Waals surface area contributed by atoms with Crippen LogP contribution in [-0.2, 0) is 4.74 Å². The first kappa shape index (κ1) is 13.0. The fourth-order valence-corrected chi connectivity index (χ4v) is 1.96. The summed E-state index contributed by atoms with van der Waals surface area (Å²) in [5, 5.41) is 3.53. The van der Waals surface area contributed by atoms with Crippen molar-refractivity contribution in [1.29, 1.82) is 0 Å². The fourth-order valence-electron chi connectivity index (χ4n) is 1.96. The van der Waals surface area contributed by atoms with Crippen molar-refractivity contribution in [2.45, 2.75) is 46.8 Å². The third-order valence-electron chi connectivity index (χ3n) is 3.12. The molecule has 0 bridgehead atoms. The minimum atomic E-state index is 0.208. The van der Waals surface area contributed by atoms with E-state index in [4.69, 9.17) is 4.74 Å². The van der Waals surface area contributed by atoms with Gasteiger partial charge in [0, 0.05) is 18.8 Å². The van der Waals surface area contributed by atoms with E-state index in [0.29, 0.717) is 6.04 Å². The molecule has 0 saturated heterocycles. The van der Waals surface area contributed by atoms with Crippen LogP contribution in [0.4, 0.5) is 5.69 Å². The fraction of sp³-hybridized carbons (Fsp3) is 0.571. The van der Waals surface area contributed by atoms with Crippen LogP contribution in [0.1, 0.15) is 30.5 Å². The van der Waals surface area contributed by atoms with Crippen LogP contribution in [0.3, 0.4) is 0 Å². The summed E-state index contributed by atoms with van der Waals surface area (Å²) in [6.45, 7) is 10.6. The Balaban J connectivity index is 2.89. The molecule has 1 aromatic rings. The number of methoxy groups -OCH3 is 1. The summed E-state index contributed by atoms with van der Waals surface area (Å²) >= 11 is 0. The van der Waals surface area contributed by atoms with Gasteiger partial charge in [-0.15, -0.1) is 0 Å². The molecule has 16 heavy (non-hydrogen) atoms. The highest BCUT2D eigenvalue weighted by atomic mass is 16.5. The molecule has 0 heterocycles. The lowest BCUT2D eigenvalue weighted by Crippen LogP contribution is -2.30. The molecule has 1 aromatic carbocycles. The van der Waals surface area contributed by atoms with E-state index in [1.165, 1.54) is 22.4 Å². The zero-order valence-electron chi connectivity index (χ0n) is 11.2. The van der Waals surface area contributed by atoms with Crippen LogP contribution in [0.15, 0.2) is 12.1 Å². The molecule has 0 saturated carbocycles. The molecule has 2 nitrogen and oxygen atoms in total. The number of anilines is 1. The molecule has 0 spiro atoms. The van der Waals surface area contributed by atoms with Crippen molar-refractivity contribution in [1.82, 2.24) is 0 Å². The predicted molar refractivity (Wildman–Crippen MR) is 70.2 cm³/mol. The Labute approximate surface area is 99.0 Å². The molecule has 90 valence electrons. The molecule has 0 radical (unpaired) electrons. The van der Waals surface area contributed by atoms with Gasteiger partial charge in [0.25, 0.3) is 0 Å². The number of rotatable bonds is 4. The molecule has 1 rings (SSSR count). The second-order valence-electron chi connectivity index (χ2n) is 4.65. The normalized spacial score (nSPS) is 14.6. The average molecular weight is 221 g/mol. The molecule has 0 aliphatic rings. The number of ether oxygens (including phenoxy) is 1. The molecule has 0 aliphatic heterocycles. The number of hydrogen-bond donors (Lipinski definition) is 1. The van der Waals surface area contributed by atoms with Gasteiger partial charge in [0.1, 0.15) is 0 Å². The van der Waals surface area contributed by atoms with Gasteiger partial charge in [-0.1, -0.05) is 17.7 Å². The minimum Gasteiger partial charge on any atom is -0.380 e. The molecule has 2 heteroatoms. The van der Waals surface area contributed by atoms with E-state index in [9.17, 15) is 0 Å². The number of aryl methyl sites for hydroxylation is 3. The Bertz CT molecular complexity index is 337. The molecule has 0 amide bonds. The highest BCUT2D eigenvalue weighted by Crippen LogP contribution is 2.23. The summed E-state index contributed by atoms with van der Waals surface area (Å²) in [6.07, 6.45) is 0.208. The lowest BCUT2D eigenvalue weighted by molar-refractivity contribution is 0.106. The second-order valence-corrected chi connectivity index (χ2v) is 4.65. The Morgan fingerprint density at radius 1 is 1.06 bits per heavy atom. The maximum absolute atomic E-state index is 5.33. The minimum absolute atomic E-state index is 0.208.